The first-order valence-corrected chi connectivity index (χ1v) is 26.8. The summed E-state index contributed by atoms with van der Waals surface area (Å²) in [5.74, 6) is -1.24. The van der Waals surface area contributed by atoms with Gasteiger partial charge in [0.25, 0.3) is 0 Å². The average Bonchev–Trinajstić information content (AvgIpc) is 3.32. The van der Waals surface area contributed by atoms with Gasteiger partial charge < -0.3 is 45.1 Å². The second-order valence-electron chi connectivity index (χ2n) is 18.3. The van der Waals surface area contributed by atoms with Gasteiger partial charge in [0.15, 0.2) is 12.4 Å². The van der Waals surface area contributed by atoms with Gasteiger partial charge in [-0.3, -0.25) is 9.59 Å². The third kappa shape index (κ3) is 33.3. The standard InChI is InChI=1S/C56H97NO10/c1-4-7-10-13-16-19-22-24-25-26-29-32-35-38-41-44-51(61)67-54-53(63)52(62)50(45-58)66-56(54)65-46-47(48(59)42-39-36-33-30-27-21-18-15-12-9-6-3)57-55(64)49(60)43-40-37-34-31-28-23-20-17-14-11-8-5-2/h7,10,13,16,19,22,24-25,28,31,39,42,47-50,52-54,56,58-60,62-63H,4-6,8-9,11-12,14-15,17-18,20-21,23,26-27,29-30,32-38,40-41,43-46H2,1-3H3,(H,57,64)/b10-7+,16-13+,22-19+,25-24-,31-28-,42-39+. The van der Waals surface area contributed by atoms with Crippen molar-refractivity contribution in [1.82, 2.24) is 5.32 Å². The normalized spacial score (nSPS) is 20.6. The molecule has 0 radical (unpaired) electrons. The van der Waals surface area contributed by atoms with Crippen molar-refractivity contribution < 1.29 is 49.3 Å². The lowest BCUT2D eigenvalue weighted by Crippen LogP contribution is -2.61. The van der Waals surface area contributed by atoms with Crippen LogP contribution in [0.3, 0.4) is 0 Å². The van der Waals surface area contributed by atoms with E-state index in [0.717, 1.165) is 83.5 Å². The highest BCUT2D eigenvalue weighted by molar-refractivity contribution is 5.80. The molecular weight excluding hydrogens is 847 g/mol. The van der Waals surface area contributed by atoms with Gasteiger partial charge in [0.05, 0.1) is 25.4 Å². The van der Waals surface area contributed by atoms with Crippen molar-refractivity contribution in [2.75, 3.05) is 13.2 Å². The minimum atomic E-state index is -1.63. The largest absolute Gasteiger partial charge is 0.454 e. The Hall–Kier alpha value is -2.90. The van der Waals surface area contributed by atoms with E-state index in [9.17, 15) is 35.1 Å². The third-order valence-corrected chi connectivity index (χ3v) is 12.2. The molecule has 11 heteroatoms. The van der Waals surface area contributed by atoms with Crippen molar-refractivity contribution in [1.29, 1.82) is 0 Å². The second kappa shape index (κ2) is 44.3. The van der Waals surface area contributed by atoms with Crippen LogP contribution < -0.4 is 5.32 Å². The molecule has 0 aromatic carbocycles. The van der Waals surface area contributed by atoms with Gasteiger partial charge in [-0.05, 0) is 70.6 Å². The highest BCUT2D eigenvalue weighted by Gasteiger charge is 2.47. The van der Waals surface area contributed by atoms with Gasteiger partial charge in [0.1, 0.15) is 24.4 Å². The van der Waals surface area contributed by atoms with Gasteiger partial charge in [0, 0.05) is 6.42 Å². The topological polar surface area (TPSA) is 175 Å². The van der Waals surface area contributed by atoms with E-state index < -0.39 is 67.4 Å². The molecule has 8 unspecified atom stereocenters. The summed E-state index contributed by atoms with van der Waals surface area (Å²) in [5.41, 5.74) is 0. The van der Waals surface area contributed by atoms with E-state index in [2.05, 4.69) is 50.4 Å². The van der Waals surface area contributed by atoms with Crippen LogP contribution in [0.4, 0.5) is 0 Å². The maximum absolute atomic E-state index is 13.3. The molecule has 1 saturated heterocycles. The smallest absolute Gasteiger partial charge is 0.306 e. The predicted octanol–water partition coefficient (Wildman–Crippen LogP) is 11.3. The quantitative estimate of drug-likeness (QED) is 0.0149. The molecule has 0 bridgehead atoms. The van der Waals surface area contributed by atoms with Gasteiger partial charge >= 0.3 is 5.97 Å². The molecule has 0 aromatic rings. The fraction of sp³-hybridized carbons (Fsp3) is 0.750. The number of aliphatic hydroxyl groups is 5. The van der Waals surface area contributed by atoms with E-state index >= 15 is 0 Å². The van der Waals surface area contributed by atoms with Crippen LogP contribution in [-0.2, 0) is 23.8 Å². The summed E-state index contributed by atoms with van der Waals surface area (Å²) in [5, 5.41) is 56.6. The maximum Gasteiger partial charge on any atom is 0.306 e. The first kappa shape index (κ1) is 62.1. The van der Waals surface area contributed by atoms with Crippen LogP contribution in [0.1, 0.15) is 207 Å². The first-order valence-electron chi connectivity index (χ1n) is 26.8. The number of amides is 1. The fourth-order valence-electron chi connectivity index (χ4n) is 7.89. The van der Waals surface area contributed by atoms with Crippen LogP contribution in [0, 0.1) is 0 Å². The SMILES string of the molecule is CC/C=C/C=C/C=C/C=C\CCCCCCCC(=O)OC1C(OCC(NC(=O)C(O)CCCC/C=C\CCCCCCCC)C(O)/C=C/CCCCCCCCCCC)OC(CO)C(O)C1O. The molecular formula is C56H97NO10. The first-order chi connectivity index (χ1) is 32.7. The molecule has 1 rings (SSSR count). The number of carbonyl (C=O) groups excluding carboxylic acids is 2. The lowest BCUT2D eigenvalue weighted by atomic mass is 9.99. The summed E-state index contributed by atoms with van der Waals surface area (Å²) in [6.45, 7) is 5.57. The zero-order chi connectivity index (χ0) is 49.0. The molecule has 1 amide bonds. The Balaban J connectivity index is 2.79. The number of unbranched alkanes of at least 4 members (excludes halogenated alkanes) is 22. The molecule has 386 valence electrons. The Labute approximate surface area is 407 Å². The third-order valence-electron chi connectivity index (χ3n) is 12.2. The molecule has 0 aromatic heterocycles. The number of hydrogen-bond acceptors (Lipinski definition) is 10. The number of aliphatic hydroxyl groups excluding tert-OH is 5. The van der Waals surface area contributed by atoms with E-state index in [1.54, 1.807) is 6.08 Å². The molecule has 1 aliphatic heterocycles. The molecule has 1 fully saturated rings. The van der Waals surface area contributed by atoms with Crippen molar-refractivity contribution in [3.63, 3.8) is 0 Å². The van der Waals surface area contributed by atoms with Gasteiger partial charge in [-0.1, -0.05) is 203 Å². The van der Waals surface area contributed by atoms with Crippen molar-refractivity contribution in [3.05, 3.63) is 72.9 Å². The van der Waals surface area contributed by atoms with Crippen LogP contribution in [0.15, 0.2) is 72.9 Å². The van der Waals surface area contributed by atoms with E-state index in [1.807, 2.05) is 42.5 Å². The van der Waals surface area contributed by atoms with Crippen LogP contribution in [-0.4, -0.2) is 99.6 Å². The number of rotatable bonds is 43. The van der Waals surface area contributed by atoms with E-state index in [-0.39, 0.29) is 19.4 Å². The van der Waals surface area contributed by atoms with Crippen LogP contribution in [0.5, 0.6) is 0 Å². The second-order valence-corrected chi connectivity index (χ2v) is 18.3. The predicted molar refractivity (Wildman–Crippen MR) is 273 cm³/mol. The molecule has 67 heavy (non-hydrogen) atoms. The van der Waals surface area contributed by atoms with Crippen molar-refractivity contribution in [2.24, 2.45) is 0 Å². The minimum Gasteiger partial charge on any atom is -0.454 e. The highest BCUT2D eigenvalue weighted by atomic mass is 16.7. The average molecular weight is 944 g/mol. The summed E-state index contributed by atoms with van der Waals surface area (Å²) < 4.78 is 17.5. The molecule has 6 N–H and O–H groups in total. The molecule has 0 spiro atoms. The van der Waals surface area contributed by atoms with Crippen molar-refractivity contribution >= 4 is 11.9 Å². The summed E-state index contributed by atoms with van der Waals surface area (Å²) in [6.07, 6.45) is 43.8. The molecule has 8 atom stereocenters. The van der Waals surface area contributed by atoms with Crippen LogP contribution >= 0.6 is 0 Å². The Morgan fingerprint density at radius 2 is 1.09 bits per heavy atom. The number of carbonyl (C=O) groups is 2. The van der Waals surface area contributed by atoms with Crippen molar-refractivity contribution in [2.45, 2.75) is 256 Å². The number of hydrogen-bond donors (Lipinski definition) is 6. The monoisotopic (exact) mass is 944 g/mol. The zero-order valence-corrected chi connectivity index (χ0v) is 42.2. The number of allylic oxidation sites excluding steroid dienone is 11. The van der Waals surface area contributed by atoms with E-state index in [1.165, 1.54) is 77.0 Å². The van der Waals surface area contributed by atoms with Gasteiger partial charge in [-0.2, -0.15) is 0 Å². The minimum absolute atomic E-state index is 0.0929. The van der Waals surface area contributed by atoms with Gasteiger partial charge in [-0.25, -0.2) is 0 Å². The Morgan fingerprint density at radius 3 is 1.66 bits per heavy atom. The van der Waals surface area contributed by atoms with Crippen LogP contribution in [0.25, 0.3) is 0 Å². The highest BCUT2D eigenvalue weighted by Crippen LogP contribution is 2.26. The number of nitrogens with one attached hydrogen (secondary N) is 1. The number of ether oxygens (including phenoxy) is 3. The summed E-state index contributed by atoms with van der Waals surface area (Å²) >= 11 is 0. The van der Waals surface area contributed by atoms with Gasteiger partial charge in [0.2, 0.25) is 5.91 Å². The Kier molecular flexibility index (Phi) is 41.1. The summed E-state index contributed by atoms with van der Waals surface area (Å²) in [7, 11) is 0. The van der Waals surface area contributed by atoms with Crippen LogP contribution in [0.2, 0.25) is 0 Å². The number of esters is 1. The molecule has 0 aliphatic carbocycles. The Morgan fingerprint density at radius 1 is 0.597 bits per heavy atom. The molecule has 0 saturated carbocycles. The lowest BCUT2D eigenvalue weighted by molar-refractivity contribution is -0.305. The van der Waals surface area contributed by atoms with E-state index in [4.69, 9.17) is 14.2 Å². The zero-order valence-electron chi connectivity index (χ0n) is 42.2. The molecule has 11 nitrogen and oxygen atoms in total. The van der Waals surface area contributed by atoms with E-state index in [0.29, 0.717) is 12.8 Å². The van der Waals surface area contributed by atoms with Crippen molar-refractivity contribution in [3.8, 4) is 0 Å². The summed E-state index contributed by atoms with van der Waals surface area (Å²) in [6, 6.07) is -1.04. The summed E-state index contributed by atoms with van der Waals surface area (Å²) in [4.78, 5) is 26.3. The lowest BCUT2D eigenvalue weighted by Gasteiger charge is -2.41. The fourth-order valence-corrected chi connectivity index (χ4v) is 7.89. The maximum atomic E-state index is 13.3. The Bertz CT molecular complexity index is 1360. The molecule has 1 heterocycles. The molecule has 1 aliphatic rings. The van der Waals surface area contributed by atoms with Gasteiger partial charge in [-0.15, -0.1) is 0 Å².